The number of carbonyl (C=O) groups excluding carboxylic acids is 6. The van der Waals surface area contributed by atoms with Gasteiger partial charge >= 0.3 is 5.97 Å². The van der Waals surface area contributed by atoms with E-state index in [1.807, 2.05) is 0 Å². The van der Waals surface area contributed by atoms with Crippen molar-refractivity contribution in [3.05, 3.63) is 0 Å². The van der Waals surface area contributed by atoms with E-state index in [9.17, 15) is 43.8 Å². The van der Waals surface area contributed by atoms with Crippen LogP contribution in [0.2, 0.25) is 0 Å². The molecule has 2 heterocycles. The zero-order valence-electron chi connectivity index (χ0n) is 21.7. The first kappa shape index (κ1) is 31.7. The lowest BCUT2D eigenvalue weighted by Crippen LogP contribution is -2.59. The van der Waals surface area contributed by atoms with Gasteiger partial charge in [0.1, 0.15) is 24.2 Å². The Morgan fingerprint density at radius 3 is 2.12 bits per heavy atom. The number of carbonyl (C=O) groups is 7. The van der Waals surface area contributed by atoms with Crippen LogP contribution in [0.25, 0.3) is 0 Å². The molecule has 6 amide bonds. The first-order chi connectivity index (χ1) is 18.9. The van der Waals surface area contributed by atoms with E-state index in [-0.39, 0.29) is 38.3 Å². The van der Waals surface area contributed by atoms with Gasteiger partial charge in [0.05, 0.1) is 26.1 Å². The maximum Gasteiger partial charge on any atom is 0.305 e. The molecule has 0 unspecified atom stereocenters. The van der Waals surface area contributed by atoms with Gasteiger partial charge in [-0.3, -0.25) is 38.6 Å². The summed E-state index contributed by atoms with van der Waals surface area (Å²) >= 11 is 0. The fourth-order valence-electron chi connectivity index (χ4n) is 4.18. The van der Waals surface area contributed by atoms with Gasteiger partial charge < -0.3 is 53.2 Å². The molecule has 0 radical (unpaired) electrons. The summed E-state index contributed by atoms with van der Waals surface area (Å²) in [6, 6.07) is -5.34. The van der Waals surface area contributed by atoms with Crippen LogP contribution in [0.15, 0.2) is 4.99 Å². The second-order valence-electron chi connectivity index (χ2n) is 9.16. The number of carboxylic acid groups (broad SMARTS) is 1. The summed E-state index contributed by atoms with van der Waals surface area (Å²) in [6.45, 7) is -1.80. The molecule has 18 nitrogen and oxygen atoms in total. The minimum atomic E-state index is -1.66. The first-order valence-corrected chi connectivity index (χ1v) is 12.6. The van der Waals surface area contributed by atoms with Crippen LogP contribution in [-0.2, 0) is 33.6 Å². The van der Waals surface area contributed by atoms with Crippen molar-refractivity contribution in [2.45, 2.75) is 56.3 Å². The number of hydrogen-bond donors (Lipinski definition) is 9. The summed E-state index contributed by atoms with van der Waals surface area (Å²) in [5.74, 6) is -6.56. The summed E-state index contributed by atoms with van der Waals surface area (Å²) < 4.78 is 0. The highest BCUT2D eigenvalue weighted by Crippen LogP contribution is 2.18. The van der Waals surface area contributed by atoms with Crippen molar-refractivity contribution in [2.75, 3.05) is 32.8 Å². The third-order valence-electron chi connectivity index (χ3n) is 6.11. The molecule has 4 atom stereocenters. The summed E-state index contributed by atoms with van der Waals surface area (Å²) in [6.07, 6.45) is 0.134. The minimum absolute atomic E-state index is 0.0570. The Labute approximate surface area is 228 Å². The average molecular weight is 570 g/mol. The number of aliphatic carboxylic acids is 1. The molecule has 0 aromatic rings. The molecular weight excluding hydrogens is 534 g/mol. The highest BCUT2D eigenvalue weighted by molar-refractivity contribution is 5.97. The molecule has 0 aliphatic carbocycles. The quantitative estimate of drug-likeness (QED) is 0.0790. The Bertz CT molecular complexity index is 1030. The SMILES string of the molecule is NC(N)=NCCC[C@@H]1NC(=O)CNC(=O)[C@@H]2CCCN2C(=O)[C@H](CO)NC(=O)[C@H](CC(=O)O)NC(=O)CNC1=O. The molecular formula is C22H35N9O9. The van der Waals surface area contributed by atoms with E-state index in [0.29, 0.717) is 6.42 Å². The van der Waals surface area contributed by atoms with E-state index < -0.39 is 91.7 Å². The monoisotopic (exact) mass is 569 g/mol. The second kappa shape index (κ2) is 15.2. The zero-order chi connectivity index (χ0) is 29.8. The van der Waals surface area contributed by atoms with Crippen LogP contribution in [0.4, 0.5) is 0 Å². The highest BCUT2D eigenvalue weighted by atomic mass is 16.4. The number of nitrogens with one attached hydrogen (secondary N) is 5. The normalized spacial score (nSPS) is 25.3. The first-order valence-electron chi connectivity index (χ1n) is 12.6. The number of rotatable bonds is 7. The molecule has 2 aliphatic heterocycles. The molecule has 0 saturated carbocycles. The van der Waals surface area contributed by atoms with Crippen molar-refractivity contribution in [2.24, 2.45) is 16.5 Å². The number of aliphatic hydroxyl groups excluding tert-OH is 1. The Balaban J connectivity index is 2.30. The van der Waals surface area contributed by atoms with Crippen LogP contribution in [0, 0.1) is 0 Å². The standard InChI is InChI=1S/C22H35N9O9/c23-22(24)25-5-1-3-11-18(37)26-8-16(34)29-12(7-17(35)36)19(38)30-13(10-32)21(40)31-6-2-4-14(31)20(39)27-9-15(33)28-11/h11-14,32H,1-10H2,(H,26,37)(H,27,39)(H,28,33)(H,29,34)(H,30,38)(H,35,36)(H4,23,24,25)/t11-,12-,13-,14-/m0/s1. The molecule has 0 bridgehead atoms. The summed E-state index contributed by atoms with van der Waals surface area (Å²) in [4.78, 5) is 92.7. The molecule has 0 aromatic heterocycles. The number of amides is 6. The van der Waals surface area contributed by atoms with Gasteiger partial charge in [0.15, 0.2) is 5.96 Å². The van der Waals surface area contributed by atoms with Crippen LogP contribution in [0.3, 0.4) is 0 Å². The van der Waals surface area contributed by atoms with Gasteiger partial charge in [0.2, 0.25) is 35.4 Å². The van der Waals surface area contributed by atoms with Crippen LogP contribution in [0.5, 0.6) is 0 Å². The van der Waals surface area contributed by atoms with E-state index in [1.165, 1.54) is 0 Å². The Morgan fingerprint density at radius 1 is 0.900 bits per heavy atom. The summed E-state index contributed by atoms with van der Waals surface area (Å²) in [7, 11) is 0. The van der Waals surface area contributed by atoms with Crippen LogP contribution < -0.4 is 38.1 Å². The van der Waals surface area contributed by atoms with Gasteiger partial charge in [0.25, 0.3) is 0 Å². The van der Waals surface area contributed by atoms with Gasteiger partial charge in [-0.15, -0.1) is 0 Å². The van der Waals surface area contributed by atoms with Gasteiger partial charge in [-0.1, -0.05) is 0 Å². The lowest BCUT2D eigenvalue weighted by atomic mass is 10.1. The lowest BCUT2D eigenvalue weighted by Gasteiger charge is -2.29. The van der Waals surface area contributed by atoms with Gasteiger partial charge in [-0.05, 0) is 25.7 Å². The number of nitrogens with zero attached hydrogens (tertiary/aromatic N) is 2. The van der Waals surface area contributed by atoms with Crippen LogP contribution >= 0.6 is 0 Å². The lowest BCUT2D eigenvalue weighted by molar-refractivity contribution is -0.144. The zero-order valence-corrected chi connectivity index (χ0v) is 21.7. The largest absolute Gasteiger partial charge is 0.481 e. The predicted octanol–water partition coefficient (Wildman–Crippen LogP) is -5.80. The van der Waals surface area contributed by atoms with Crippen LogP contribution in [-0.4, -0.2) is 119 Å². The van der Waals surface area contributed by atoms with E-state index in [4.69, 9.17) is 11.5 Å². The number of carboxylic acids is 1. The molecule has 18 heteroatoms. The number of nitrogens with two attached hydrogens (primary N) is 2. The number of aliphatic hydroxyl groups is 1. The van der Waals surface area contributed by atoms with Crippen molar-refractivity contribution < 1.29 is 43.8 Å². The molecule has 0 spiro atoms. The van der Waals surface area contributed by atoms with Gasteiger partial charge in [-0.25, -0.2) is 0 Å². The molecule has 2 rings (SSSR count). The highest BCUT2D eigenvalue weighted by Gasteiger charge is 2.38. The Hall–Kier alpha value is -4.48. The van der Waals surface area contributed by atoms with Gasteiger partial charge in [-0.2, -0.15) is 0 Å². The molecule has 11 N–H and O–H groups in total. The molecule has 2 fully saturated rings. The van der Waals surface area contributed by atoms with E-state index in [0.717, 1.165) is 4.90 Å². The molecule has 2 saturated heterocycles. The number of aliphatic imine (C=N–C) groups is 1. The van der Waals surface area contributed by atoms with Crippen molar-refractivity contribution >= 4 is 47.4 Å². The van der Waals surface area contributed by atoms with Crippen molar-refractivity contribution in [3.63, 3.8) is 0 Å². The Kier molecular flexibility index (Phi) is 12.1. The van der Waals surface area contributed by atoms with E-state index in [1.54, 1.807) is 0 Å². The second-order valence-corrected chi connectivity index (χ2v) is 9.16. The maximum atomic E-state index is 13.1. The summed E-state index contributed by atoms with van der Waals surface area (Å²) in [5, 5.41) is 30.5. The Morgan fingerprint density at radius 2 is 1.52 bits per heavy atom. The van der Waals surface area contributed by atoms with Crippen molar-refractivity contribution in [3.8, 4) is 0 Å². The molecule has 222 valence electrons. The number of guanidine groups is 1. The predicted molar refractivity (Wildman–Crippen MR) is 136 cm³/mol. The molecule has 0 aromatic carbocycles. The van der Waals surface area contributed by atoms with Crippen molar-refractivity contribution in [1.82, 2.24) is 31.5 Å². The molecule has 2 aliphatic rings. The van der Waals surface area contributed by atoms with Crippen molar-refractivity contribution in [1.29, 1.82) is 0 Å². The van der Waals surface area contributed by atoms with Gasteiger partial charge in [0, 0.05) is 13.1 Å². The number of hydrogen-bond acceptors (Lipinski definition) is 9. The smallest absolute Gasteiger partial charge is 0.305 e. The number of fused-ring (bicyclic) bond motifs is 1. The van der Waals surface area contributed by atoms with E-state index >= 15 is 0 Å². The third kappa shape index (κ3) is 9.68. The topological polar surface area (TPSA) is 288 Å². The third-order valence-corrected chi connectivity index (χ3v) is 6.11. The minimum Gasteiger partial charge on any atom is -0.481 e. The maximum absolute atomic E-state index is 13.1. The average Bonchev–Trinajstić information content (AvgIpc) is 3.39. The summed E-state index contributed by atoms with van der Waals surface area (Å²) in [5.41, 5.74) is 10.6. The fourth-order valence-corrected chi connectivity index (χ4v) is 4.18. The fraction of sp³-hybridized carbons (Fsp3) is 0.636. The van der Waals surface area contributed by atoms with Crippen LogP contribution in [0.1, 0.15) is 32.1 Å². The van der Waals surface area contributed by atoms with E-state index in [2.05, 4.69) is 31.6 Å². The molecule has 40 heavy (non-hydrogen) atoms.